The summed E-state index contributed by atoms with van der Waals surface area (Å²) in [6.45, 7) is 0.475. The molecule has 0 aliphatic heterocycles. The summed E-state index contributed by atoms with van der Waals surface area (Å²) < 4.78 is 74.0. The van der Waals surface area contributed by atoms with Gasteiger partial charge in [0.1, 0.15) is 24.8 Å². The van der Waals surface area contributed by atoms with E-state index >= 15 is 0 Å². The van der Waals surface area contributed by atoms with Crippen LogP contribution in [0.1, 0.15) is 55.2 Å². The summed E-state index contributed by atoms with van der Waals surface area (Å²) >= 11 is 6.44. The first-order chi connectivity index (χ1) is 23.2. The molecule has 12 nitrogen and oxygen atoms in total. The van der Waals surface area contributed by atoms with E-state index in [0.29, 0.717) is 27.1 Å². The molecule has 2 amide bonds. The second-order valence-electron chi connectivity index (χ2n) is 11.7. The Labute approximate surface area is 281 Å². The largest absolute Gasteiger partial charge is 0.447 e. The number of nitrogens with two attached hydrogens (primary N) is 1. The Morgan fingerprint density at radius 2 is 1.84 bits per heavy atom. The maximum Gasteiger partial charge on any atom is 0.411 e. The number of nitrogens with zero attached hydrogens (tertiary/aromatic N) is 7. The Kier molecular flexibility index (Phi) is 10.2. The third-order valence-electron chi connectivity index (χ3n) is 7.69. The second-order valence-corrected chi connectivity index (χ2v) is 12.1. The van der Waals surface area contributed by atoms with Crippen molar-refractivity contribution in [3.05, 3.63) is 83.7 Å². The first-order valence-electron chi connectivity index (χ1n) is 14.9. The van der Waals surface area contributed by atoms with Crippen LogP contribution in [0.3, 0.4) is 0 Å². The molecule has 260 valence electrons. The first-order valence-corrected chi connectivity index (χ1v) is 15.3. The normalized spacial score (nSPS) is 14.9. The van der Waals surface area contributed by atoms with Crippen molar-refractivity contribution in [3.8, 4) is 16.8 Å². The van der Waals surface area contributed by atoms with E-state index in [1.165, 1.54) is 59.9 Å². The number of hydrogen-bond donors (Lipinski definition) is 2. The highest BCUT2D eigenvalue weighted by molar-refractivity contribution is 6.32. The monoisotopic (exact) mass is 707 g/mol. The van der Waals surface area contributed by atoms with E-state index in [9.17, 15) is 31.5 Å². The van der Waals surface area contributed by atoms with Gasteiger partial charge in [0.15, 0.2) is 5.96 Å². The molecule has 1 fully saturated rings. The number of aliphatic imine (C=N–C) groups is 1. The van der Waals surface area contributed by atoms with E-state index in [-0.39, 0.29) is 41.8 Å². The molecule has 5 rings (SSSR count). The van der Waals surface area contributed by atoms with Crippen molar-refractivity contribution in [2.24, 2.45) is 16.6 Å². The molecule has 2 aromatic heterocycles. The summed E-state index contributed by atoms with van der Waals surface area (Å²) in [5, 5.41) is 9.88. The number of halogens is 6. The van der Waals surface area contributed by atoms with E-state index in [4.69, 9.17) is 22.1 Å². The lowest BCUT2D eigenvalue weighted by atomic mass is 10.0. The van der Waals surface area contributed by atoms with Gasteiger partial charge < -0.3 is 15.8 Å². The smallest absolute Gasteiger partial charge is 0.411 e. The number of amides is 2. The third-order valence-corrected chi connectivity index (χ3v) is 8.01. The van der Waals surface area contributed by atoms with Gasteiger partial charge in [0.25, 0.3) is 5.91 Å². The number of nitrogens with one attached hydrogen (secondary N) is 1. The average Bonchev–Trinajstić information content (AvgIpc) is 3.42. The van der Waals surface area contributed by atoms with Crippen LogP contribution in [0.15, 0.2) is 72.5 Å². The number of guanidine groups is 1. The third kappa shape index (κ3) is 7.98. The second kappa shape index (κ2) is 14.2. The maximum atomic E-state index is 14.3. The van der Waals surface area contributed by atoms with Crippen molar-refractivity contribution in [1.82, 2.24) is 34.8 Å². The fraction of sp³-hybridized carbons (Fsp3) is 0.355. The molecule has 0 radical (unpaired) electrons. The number of aromatic nitrogens is 5. The van der Waals surface area contributed by atoms with E-state index in [2.05, 4.69) is 20.2 Å². The van der Waals surface area contributed by atoms with E-state index in [0.717, 1.165) is 11.1 Å². The summed E-state index contributed by atoms with van der Waals surface area (Å²) in [4.78, 5) is 36.4. The van der Waals surface area contributed by atoms with Gasteiger partial charge in [-0.15, -0.1) is 0 Å². The van der Waals surface area contributed by atoms with E-state index < -0.39 is 42.9 Å². The van der Waals surface area contributed by atoms with Crippen molar-refractivity contribution in [2.75, 3.05) is 13.2 Å². The highest BCUT2D eigenvalue weighted by Gasteiger charge is 2.64. The average molecular weight is 708 g/mol. The lowest BCUT2D eigenvalue weighted by Crippen LogP contribution is -2.49. The van der Waals surface area contributed by atoms with E-state index in [1.807, 2.05) is 19.2 Å². The summed E-state index contributed by atoms with van der Waals surface area (Å²) in [5.74, 6) is -0.947. The van der Waals surface area contributed by atoms with Crippen LogP contribution in [0, 0.1) is 5.92 Å². The number of hydrogen-bond acceptors (Lipinski definition) is 7. The predicted octanol–water partition coefficient (Wildman–Crippen LogP) is 6.15. The highest BCUT2D eigenvalue weighted by atomic mass is 35.5. The van der Waals surface area contributed by atoms with Gasteiger partial charge in [0.05, 0.1) is 22.9 Å². The van der Waals surface area contributed by atoms with Gasteiger partial charge in [0.2, 0.25) is 0 Å². The fourth-order valence-electron chi connectivity index (χ4n) is 4.85. The van der Waals surface area contributed by atoms with Crippen molar-refractivity contribution < 1.29 is 36.3 Å². The van der Waals surface area contributed by atoms with Crippen LogP contribution in [0.4, 0.5) is 26.7 Å². The maximum absolute atomic E-state index is 14.3. The van der Waals surface area contributed by atoms with Gasteiger partial charge in [0, 0.05) is 23.9 Å². The van der Waals surface area contributed by atoms with Crippen molar-refractivity contribution >= 4 is 29.6 Å². The first kappa shape index (κ1) is 35.3. The molecule has 0 bridgehead atoms. The van der Waals surface area contributed by atoms with Crippen LogP contribution in [0.5, 0.6) is 0 Å². The predicted molar refractivity (Wildman–Crippen MR) is 168 cm³/mol. The Morgan fingerprint density at radius 1 is 1.12 bits per heavy atom. The van der Waals surface area contributed by atoms with Crippen molar-refractivity contribution in [1.29, 1.82) is 0 Å². The molecule has 0 spiro atoms. The number of ether oxygens (including phenoxy) is 1. The molecule has 1 saturated carbocycles. The number of carbonyl (C=O) groups excluding carboxylic acids is 2. The minimum Gasteiger partial charge on any atom is -0.447 e. The molecule has 49 heavy (non-hydrogen) atoms. The summed E-state index contributed by atoms with van der Waals surface area (Å²) in [6.07, 6.45) is -1.57. The van der Waals surface area contributed by atoms with Gasteiger partial charge in [-0.1, -0.05) is 43.6 Å². The quantitative estimate of drug-likeness (QED) is 0.108. The molecule has 1 atom stereocenters. The van der Waals surface area contributed by atoms with Crippen molar-refractivity contribution in [2.45, 2.75) is 51.0 Å². The van der Waals surface area contributed by atoms with Crippen LogP contribution in [0.2, 0.25) is 5.02 Å². The molecular formula is C31H31ClF5N9O3. The Balaban J connectivity index is 1.53. The summed E-state index contributed by atoms with van der Waals surface area (Å²) in [5.41, 5.74) is 5.65. The van der Waals surface area contributed by atoms with Crippen LogP contribution < -0.4 is 11.1 Å². The number of benzene rings is 2. The molecular weight excluding hydrogens is 677 g/mol. The van der Waals surface area contributed by atoms with Gasteiger partial charge in [-0.05, 0) is 54.2 Å². The lowest BCUT2D eigenvalue weighted by Gasteiger charge is -2.32. The van der Waals surface area contributed by atoms with E-state index in [1.54, 1.807) is 6.07 Å². The van der Waals surface area contributed by atoms with Gasteiger partial charge in [-0.25, -0.2) is 19.1 Å². The zero-order valence-electron chi connectivity index (χ0n) is 26.1. The molecule has 18 heteroatoms. The Hall–Kier alpha value is -5.06. The number of alkyl halides is 5. The van der Waals surface area contributed by atoms with Crippen molar-refractivity contribution in [3.63, 3.8) is 0 Å². The van der Waals surface area contributed by atoms with Gasteiger partial charge in [-0.3, -0.25) is 14.7 Å². The van der Waals surface area contributed by atoms with Gasteiger partial charge in [-0.2, -0.15) is 32.1 Å². The standard InChI is InChI=1S/C31H31ClF5N9O3/c1-18(2)12-40-28(38)46(26(47)20-5-3-19(4-6-20)22-13-41-44(14-22)27(33)34)25(15-49-29(48)43-30(9-10-30)31(35,36)37)21-7-8-23(32)24(11-21)45-17-39-16-42-45/h3-8,11,13-14,16-18,25,27H,9-10,12,15H2,1-2H3,(H2,38,40)(H,43,48)/t25-/m1/s1. The molecule has 0 unspecified atom stereocenters. The molecule has 1 aliphatic carbocycles. The summed E-state index contributed by atoms with van der Waals surface area (Å²) in [6, 6.07) is 9.27. The van der Waals surface area contributed by atoms with Crippen LogP contribution in [-0.4, -0.2) is 72.3 Å². The minimum absolute atomic E-state index is 0.0240. The zero-order valence-corrected chi connectivity index (χ0v) is 26.9. The lowest BCUT2D eigenvalue weighted by molar-refractivity contribution is -0.164. The van der Waals surface area contributed by atoms with Crippen LogP contribution >= 0.6 is 11.6 Å². The fourth-order valence-corrected chi connectivity index (χ4v) is 5.06. The molecule has 3 N–H and O–H groups in total. The van der Waals surface area contributed by atoms with Gasteiger partial charge >= 0.3 is 18.8 Å². The Bertz CT molecular complexity index is 1810. The molecule has 0 saturated heterocycles. The highest BCUT2D eigenvalue weighted by Crippen LogP contribution is 2.49. The minimum atomic E-state index is -4.69. The molecule has 1 aliphatic rings. The topological polar surface area (TPSA) is 146 Å². The number of alkyl carbamates (subject to hydrolysis) is 1. The Morgan fingerprint density at radius 3 is 2.41 bits per heavy atom. The number of rotatable bonds is 11. The van der Waals surface area contributed by atoms with Crippen LogP contribution in [0.25, 0.3) is 16.8 Å². The zero-order chi connectivity index (χ0) is 35.5. The molecule has 2 aromatic carbocycles. The molecule has 2 heterocycles. The number of carbonyl (C=O) groups is 2. The van der Waals surface area contributed by atoms with Crippen LogP contribution in [-0.2, 0) is 4.74 Å². The summed E-state index contributed by atoms with van der Waals surface area (Å²) in [7, 11) is 0. The SMILES string of the molecule is CC(C)CN=C(N)N(C(=O)c1ccc(-c2cnn(C(F)F)c2)cc1)[C@H](COC(=O)NC1(C(F)(F)F)CC1)c1ccc(Cl)c(-n2cncn2)c1. The molecule has 4 aromatic rings.